The minimum atomic E-state index is 0.275. The van der Waals surface area contributed by atoms with Gasteiger partial charge in [0.25, 0.3) is 0 Å². The second-order valence-corrected chi connectivity index (χ2v) is 9.04. The maximum Gasteiger partial charge on any atom is 0.0624 e. The molecule has 0 amide bonds. The Bertz CT molecular complexity index is 693. The molecule has 25 heavy (non-hydrogen) atoms. The molecule has 1 aromatic carbocycles. The fraction of sp³-hybridized carbons (Fsp3) is 0.625. The highest BCUT2D eigenvalue weighted by atomic mass is 14.5. The molecule has 1 heteroatoms. The van der Waals surface area contributed by atoms with E-state index in [1.165, 1.54) is 37.7 Å². The Morgan fingerprint density at radius 1 is 1.28 bits per heavy atom. The second kappa shape index (κ2) is 6.99. The summed E-state index contributed by atoms with van der Waals surface area (Å²) in [5.74, 6) is 1.32. The molecular weight excluding hydrogens is 302 g/mol. The van der Waals surface area contributed by atoms with Crippen molar-refractivity contribution >= 4 is 0 Å². The number of nitriles is 1. The highest BCUT2D eigenvalue weighted by molar-refractivity contribution is 5.42. The van der Waals surface area contributed by atoms with Crippen molar-refractivity contribution in [3.8, 4) is 6.07 Å². The quantitative estimate of drug-likeness (QED) is 0.444. The van der Waals surface area contributed by atoms with E-state index in [9.17, 15) is 0 Å². The highest BCUT2D eigenvalue weighted by Gasteiger charge is 2.50. The first-order chi connectivity index (χ1) is 11.9. The van der Waals surface area contributed by atoms with E-state index in [4.69, 9.17) is 5.26 Å². The lowest BCUT2D eigenvalue weighted by Crippen LogP contribution is -2.48. The third kappa shape index (κ3) is 3.29. The van der Waals surface area contributed by atoms with E-state index in [-0.39, 0.29) is 5.41 Å². The maximum absolute atomic E-state index is 8.78. The Labute approximate surface area is 154 Å². The van der Waals surface area contributed by atoms with E-state index in [1.807, 2.05) is 0 Å². The fourth-order valence-electron chi connectivity index (χ4n) is 5.62. The molecule has 0 bridgehead atoms. The van der Waals surface area contributed by atoms with Crippen molar-refractivity contribution in [3.05, 3.63) is 47.0 Å². The van der Waals surface area contributed by atoms with Gasteiger partial charge < -0.3 is 0 Å². The molecule has 0 unspecified atom stereocenters. The van der Waals surface area contributed by atoms with Gasteiger partial charge in [-0.2, -0.15) is 5.26 Å². The molecule has 0 N–H and O–H groups in total. The summed E-state index contributed by atoms with van der Waals surface area (Å²) >= 11 is 0. The summed E-state index contributed by atoms with van der Waals surface area (Å²) < 4.78 is 0. The van der Waals surface area contributed by atoms with Crippen molar-refractivity contribution in [2.45, 2.75) is 84.0 Å². The van der Waals surface area contributed by atoms with Crippen molar-refractivity contribution < 1.29 is 0 Å². The highest BCUT2D eigenvalue weighted by Crippen LogP contribution is 2.57. The molecule has 0 heterocycles. The molecule has 1 aromatic rings. The summed E-state index contributed by atoms with van der Waals surface area (Å²) in [5, 5.41) is 8.78. The SMILES string of the molecule is CC(C)c1ccc2c(c1)CC[C@H]1[C@](C)(/C=C\CCC#N)CCC[C@]21C. The van der Waals surface area contributed by atoms with Gasteiger partial charge in [-0.1, -0.05) is 64.5 Å². The van der Waals surface area contributed by atoms with Gasteiger partial charge in [-0.3, -0.25) is 0 Å². The lowest BCUT2D eigenvalue weighted by Gasteiger charge is -2.54. The van der Waals surface area contributed by atoms with E-state index in [0.717, 1.165) is 6.42 Å². The van der Waals surface area contributed by atoms with Crippen LogP contribution in [0, 0.1) is 22.7 Å². The first-order valence-corrected chi connectivity index (χ1v) is 10.1. The standard InChI is InChI=1S/C24H33N/c1-18(2)19-9-11-21-20(17-19)10-12-22-23(3,13-6-5-7-16-25)14-8-15-24(21,22)4/h6,9,11,13,17-18,22H,5,7-8,10,12,14-15H2,1-4H3/b13-6-/t22-,23+,24+/m0/s1. The Balaban J connectivity index is 1.93. The first-order valence-electron chi connectivity index (χ1n) is 10.1. The third-order valence-corrected chi connectivity index (χ3v) is 7.01. The zero-order valence-corrected chi connectivity index (χ0v) is 16.4. The zero-order chi connectivity index (χ0) is 18.1. The topological polar surface area (TPSA) is 23.8 Å². The lowest BCUT2D eigenvalue weighted by atomic mass is 9.49. The van der Waals surface area contributed by atoms with Gasteiger partial charge in [0.15, 0.2) is 0 Å². The normalized spacial score (nSPS) is 31.6. The van der Waals surface area contributed by atoms with Crippen LogP contribution in [0.25, 0.3) is 0 Å². The van der Waals surface area contributed by atoms with Gasteiger partial charge in [0, 0.05) is 6.42 Å². The van der Waals surface area contributed by atoms with E-state index >= 15 is 0 Å². The van der Waals surface area contributed by atoms with E-state index in [2.05, 4.69) is 64.1 Å². The molecule has 2 aliphatic rings. The van der Waals surface area contributed by atoms with Gasteiger partial charge in [-0.25, -0.2) is 0 Å². The molecule has 3 atom stereocenters. The van der Waals surface area contributed by atoms with Crippen LogP contribution < -0.4 is 0 Å². The summed E-state index contributed by atoms with van der Waals surface area (Å²) in [5.41, 5.74) is 5.27. The average Bonchev–Trinajstić information content (AvgIpc) is 2.58. The van der Waals surface area contributed by atoms with Crippen molar-refractivity contribution in [3.63, 3.8) is 0 Å². The van der Waals surface area contributed by atoms with Crippen LogP contribution in [0.2, 0.25) is 0 Å². The van der Waals surface area contributed by atoms with Gasteiger partial charge in [0.2, 0.25) is 0 Å². The predicted octanol–water partition coefficient (Wildman–Crippen LogP) is 6.68. The number of aryl methyl sites for hydroxylation is 1. The second-order valence-electron chi connectivity index (χ2n) is 9.04. The molecule has 134 valence electrons. The lowest BCUT2D eigenvalue weighted by molar-refractivity contribution is 0.0629. The van der Waals surface area contributed by atoms with E-state index in [1.54, 1.807) is 11.1 Å². The molecule has 0 spiro atoms. The Hall–Kier alpha value is -1.55. The molecule has 1 fully saturated rings. The molecule has 1 saturated carbocycles. The smallest absolute Gasteiger partial charge is 0.0624 e. The van der Waals surface area contributed by atoms with Crippen LogP contribution in [0.1, 0.15) is 88.8 Å². The maximum atomic E-state index is 8.78. The minimum absolute atomic E-state index is 0.275. The molecule has 2 aliphatic carbocycles. The fourth-order valence-corrected chi connectivity index (χ4v) is 5.62. The number of nitrogens with zero attached hydrogens (tertiary/aromatic N) is 1. The summed E-state index contributed by atoms with van der Waals surface area (Å²) in [7, 11) is 0. The molecule has 3 rings (SSSR count). The molecule has 1 nitrogen and oxygen atoms in total. The molecule has 0 saturated heterocycles. The number of hydrogen-bond acceptors (Lipinski definition) is 1. The molecule has 0 aliphatic heterocycles. The Morgan fingerprint density at radius 3 is 2.80 bits per heavy atom. The number of rotatable bonds is 4. The summed E-state index contributed by atoms with van der Waals surface area (Å²) in [6.45, 7) is 9.56. The van der Waals surface area contributed by atoms with Gasteiger partial charge in [0.05, 0.1) is 6.07 Å². The van der Waals surface area contributed by atoms with E-state index in [0.29, 0.717) is 23.7 Å². The van der Waals surface area contributed by atoms with Crippen molar-refractivity contribution in [1.82, 2.24) is 0 Å². The van der Waals surface area contributed by atoms with Crippen LogP contribution in [-0.4, -0.2) is 0 Å². The van der Waals surface area contributed by atoms with Crippen LogP contribution in [0.4, 0.5) is 0 Å². The Kier molecular flexibility index (Phi) is 5.10. The van der Waals surface area contributed by atoms with E-state index < -0.39 is 0 Å². The molecule has 0 aromatic heterocycles. The number of benzene rings is 1. The first kappa shape index (κ1) is 18.2. The third-order valence-electron chi connectivity index (χ3n) is 7.01. The van der Waals surface area contributed by atoms with Crippen molar-refractivity contribution in [2.75, 3.05) is 0 Å². The zero-order valence-electron chi connectivity index (χ0n) is 16.4. The number of hydrogen-bond donors (Lipinski definition) is 0. The summed E-state index contributed by atoms with van der Waals surface area (Å²) in [6.07, 6.45) is 12.7. The van der Waals surface area contributed by atoms with Gasteiger partial charge in [-0.05, 0) is 71.5 Å². The van der Waals surface area contributed by atoms with Gasteiger partial charge >= 0.3 is 0 Å². The van der Waals surface area contributed by atoms with Crippen LogP contribution in [0.15, 0.2) is 30.4 Å². The molecule has 0 radical (unpaired) electrons. The summed E-state index contributed by atoms with van der Waals surface area (Å²) in [6, 6.07) is 9.55. The van der Waals surface area contributed by atoms with Crippen LogP contribution in [0.5, 0.6) is 0 Å². The molecular formula is C24H33N. The number of fused-ring (bicyclic) bond motifs is 3. The van der Waals surface area contributed by atoms with Crippen LogP contribution in [-0.2, 0) is 11.8 Å². The monoisotopic (exact) mass is 335 g/mol. The number of allylic oxidation sites excluding steroid dienone is 2. The van der Waals surface area contributed by atoms with Crippen LogP contribution >= 0.6 is 0 Å². The van der Waals surface area contributed by atoms with Gasteiger partial charge in [-0.15, -0.1) is 0 Å². The van der Waals surface area contributed by atoms with Crippen molar-refractivity contribution in [1.29, 1.82) is 5.26 Å². The summed E-state index contributed by atoms with van der Waals surface area (Å²) in [4.78, 5) is 0. The van der Waals surface area contributed by atoms with Gasteiger partial charge in [0.1, 0.15) is 0 Å². The van der Waals surface area contributed by atoms with Crippen LogP contribution in [0.3, 0.4) is 0 Å². The average molecular weight is 336 g/mol. The largest absolute Gasteiger partial charge is 0.198 e. The Morgan fingerprint density at radius 2 is 2.08 bits per heavy atom. The van der Waals surface area contributed by atoms with Crippen molar-refractivity contribution in [2.24, 2.45) is 11.3 Å². The number of unbranched alkanes of at least 4 members (excludes halogenated alkanes) is 1. The minimum Gasteiger partial charge on any atom is -0.198 e. The predicted molar refractivity (Wildman–Crippen MR) is 106 cm³/mol.